The molecule has 3 aromatic rings. The maximum atomic E-state index is 12.7. The number of nitrogens with zero attached hydrogens (tertiary/aromatic N) is 1. The minimum absolute atomic E-state index is 0.0492. The number of carbonyl (C=O) groups is 1. The fraction of sp³-hybridized carbons (Fsp3) is 0.391. The van der Waals surface area contributed by atoms with Gasteiger partial charge in [0.2, 0.25) is 5.91 Å². The summed E-state index contributed by atoms with van der Waals surface area (Å²) in [5.74, 6) is -0.902. The molecule has 0 aliphatic carbocycles. The van der Waals surface area contributed by atoms with E-state index in [0.29, 0.717) is 24.1 Å². The van der Waals surface area contributed by atoms with Crippen molar-refractivity contribution in [2.45, 2.75) is 37.2 Å². The Morgan fingerprint density at radius 3 is 2.77 bits per heavy atom. The number of aliphatic hydroxyl groups is 1. The topological polar surface area (TPSA) is 113 Å². The summed E-state index contributed by atoms with van der Waals surface area (Å²) in [4.78, 5) is 29.1. The van der Waals surface area contributed by atoms with Crippen molar-refractivity contribution in [3.05, 3.63) is 70.2 Å². The second-order valence-corrected chi connectivity index (χ2v) is 8.44. The van der Waals surface area contributed by atoms with Crippen LogP contribution in [0.1, 0.15) is 36.8 Å². The van der Waals surface area contributed by atoms with Crippen LogP contribution in [0.2, 0.25) is 0 Å². The van der Waals surface area contributed by atoms with E-state index in [0.717, 1.165) is 30.6 Å². The number of nitrogens with two attached hydrogens (primary N) is 1. The number of aromatic amines is 1. The van der Waals surface area contributed by atoms with Gasteiger partial charge < -0.3 is 20.2 Å². The molecule has 1 amide bonds. The standard InChI is InChI=1S/C23H27N3O4/c1-23(21(24)28,17-7-8-20-19(11-17)25-22(29)30-20)12-16(15-5-3-2-4-6-15)13-26-10-9-18(27)14-26/h2-8,11,16,18,27H,9-10,12-14H2,1H3,(H2,24,28)(H,25,29)/t16-,18+,23?/m1/s1. The Bertz CT molecular complexity index is 1090. The third-order valence-electron chi connectivity index (χ3n) is 6.25. The van der Waals surface area contributed by atoms with Crippen molar-refractivity contribution in [3.63, 3.8) is 0 Å². The van der Waals surface area contributed by atoms with Gasteiger partial charge in [0.25, 0.3) is 0 Å². The molecule has 1 unspecified atom stereocenters. The Kier molecular flexibility index (Phi) is 5.49. The number of H-pyrrole nitrogens is 1. The fourth-order valence-electron chi connectivity index (χ4n) is 4.45. The summed E-state index contributed by atoms with van der Waals surface area (Å²) in [5, 5.41) is 9.93. The maximum Gasteiger partial charge on any atom is 0.417 e. The van der Waals surface area contributed by atoms with Crippen LogP contribution in [-0.2, 0) is 10.2 Å². The summed E-state index contributed by atoms with van der Waals surface area (Å²) in [6.07, 6.45) is 0.968. The average molecular weight is 409 g/mol. The molecule has 1 aromatic heterocycles. The van der Waals surface area contributed by atoms with Crippen LogP contribution in [0.15, 0.2) is 57.7 Å². The van der Waals surface area contributed by atoms with Gasteiger partial charge in [-0.15, -0.1) is 0 Å². The smallest absolute Gasteiger partial charge is 0.408 e. The van der Waals surface area contributed by atoms with Gasteiger partial charge in [0.15, 0.2) is 5.58 Å². The Hall–Kier alpha value is -2.90. The molecule has 158 valence electrons. The summed E-state index contributed by atoms with van der Waals surface area (Å²) in [5.41, 5.74) is 7.84. The zero-order valence-corrected chi connectivity index (χ0v) is 17.0. The minimum Gasteiger partial charge on any atom is -0.408 e. The third-order valence-corrected chi connectivity index (χ3v) is 6.25. The van der Waals surface area contributed by atoms with Crippen molar-refractivity contribution < 1.29 is 14.3 Å². The molecule has 4 rings (SSSR count). The van der Waals surface area contributed by atoms with E-state index in [-0.39, 0.29) is 12.0 Å². The lowest BCUT2D eigenvalue weighted by Crippen LogP contribution is -2.41. The molecular formula is C23H27N3O4. The summed E-state index contributed by atoms with van der Waals surface area (Å²) in [7, 11) is 0. The van der Waals surface area contributed by atoms with Crippen molar-refractivity contribution in [1.82, 2.24) is 9.88 Å². The van der Waals surface area contributed by atoms with E-state index in [1.165, 1.54) is 0 Å². The summed E-state index contributed by atoms with van der Waals surface area (Å²) in [6.45, 7) is 4.05. The minimum atomic E-state index is -0.943. The summed E-state index contributed by atoms with van der Waals surface area (Å²) >= 11 is 0. The molecule has 30 heavy (non-hydrogen) atoms. The first-order valence-electron chi connectivity index (χ1n) is 10.2. The molecule has 0 saturated carbocycles. The predicted octanol–water partition coefficient (Wildman–Crippen LogP) is 2.10. The molecule has 1 aliphatic heterocycles. The van der Waals surface area contributed by atoms with Gasteiger partial charge in [-0.05, 0) is 48.9 Å². The second-order valence-electron chi connectivity index (χ2n) is 8.44. The van der Waals surface area contributed by atoms with E-state index in [4.69, 9.17) is 10.2 Å². The quantitative estimate of drug-likeness (QED) is 0.553. The number of likely N-dealkylation sites (tertiary alicyclic amines) is 1. The molecule has 4 N–H and O–H groups in total. The van der Waals surface area contributed by atoms with Gasteiger partial charge >= 0.3 is 5.76 Å². The van der Waals surface area contributed by atoms with Crippen LogP contribution in [0, 0.1) is 0 Å². The number of hydrogen-bond acceptors (Lipinski definition) is 5. The lowest BCUT2D eigenvalue weighted by molar-refractivity contribution is -0.123. The lowest BCUT2D eigenvalue weighted by atomic mass is 9.73. The third kappa shape index (κ3) is 4.04. The number of fused-ring (bicyclic) bond motifs is 1. The molecular weight excluding hydrogens is 382 g/mol. The number of oxazole rings is 1. The van der Waals surface area contributed by atoms with Crippen molar-refractivity contribution in [1.29, 1.82) is 0 Å². The zero-order chi connectivity index (χ0) is 21.3. The van der Waals surface area contributed by atoms with Crippen LogP contribution in [0.3, 0.4) is 0 Å². The largest absolute Gasteiger partial charge is 0.417 e. The number of benzene rings is 2. The molecule has 2 aromatic carbocycles. The second kappa shape index (κ2) is 8.08. The van der Waals surface area contributed by atoms with Gasteiger partial charge in [0, 0.05) is 19.6 Å². The number of amides is 1. The molecule has 1 aliphatic rings. The normalized spacial score (nSPS) is 20.3. The van der Waals surface area contributed by atoms with Gasteiger partial charge in [-0.3, -0.25) is 9.78 Å². The highest BCUT2D eigenvalue weighted by Crippen LogP contribution is 2.37. The Morgan fingerprint density at radius 2 is 2.10 bits per heavy atom. The van der Waals surface area contributed by atoms with Crippen LogP contribution < -0.4 is 11.5 Å². The van der Waals surface area contributed by atoms with Gasteiger partial charge in [-0.2, -0.15) is 0 Å². The van der Waals surface area contributed by atoms with E-state index in [9.17, 15) is 14.7 Å². The molecule has 7 nitrogen and oxygen atoms in total. The van der Waals surface area contributed by atoms with Crippen LogP contribution in [0.25, 0.3) is 11.1 Å². The number of hydrogen-bond donors (Lipinski definition) is 3. The van der Waals surface area contributed by atoms with Crippen LogP contribution in [-0.4, -0.2) is 46.6 Å². The highest BCUT2D eigenvalue weighted by molar-refractivity contribution is 5.88. The molecule has 1 saturated heterocycles. The molecule has 0 radical (unpaired) electrons. The predicted molar refractivity (Wildman–Crippen MR) is 114 cm³/mol. The molecule has 0 bridgehead atoms. The van der Waals surface area contributed by atoms with Crippen molar-refractivity contribution in [3.8, 4) is 0 Å². The Morgan fingerprint density at radius 1 is 1.33 bits per heavy atom. The number of aromatic nitrogens is 1. The molecule has 0 spiro atoms. The number of primary amides is 1. The van der Waals surface area contributed by atoms with Crippen LogP contribution >= 0.6 is 0 Å². The van der Waals surface area contributed by atoms with E-state index in [1.54, 1.807) is 18.2 Å². The maximum absolute atomic E-state index is 12.7. The van der Waals surface area contributed by atoms with E-state index in [1.807, 2.05) is 25.1 Å². The monoisotopic (exact) mass is 409 g/mol. The van der Waals surface area contributed by atoms with Crippen molar-refractivity contribution in [2.24, 2.45) is 5.73 Å². The van der Waals surface area contributed by atoms with Crippen molar-refractivity contribution in [2.75, 3.05) is 19.6 Å². The number of aliphatic hydroxyl groups excluding tert-OH is 1. The number of nitrogens with one attached hydrogen (secondary N) is 1. The van der Waals surface area contributed by atoms with E-state index in [2.05, 4.69) is 22.0 Å². The zero-order valence-electron chi connectivity index (χ0n) is 17.0. The summed E-state index contributed by atoms with van der Waals surface area (Å²) in [6, 6.07) is 15.3. The highest BCUT2D eigenvalue weighted by Gasteiger charge is 2.38. The first-order chi connectivity index (χ1) is 14.3. The van der Waals surface area contributed by atoms with Gasteiger partial charge in [0.05, 0.1) is 17.0 Å². The van der Waals surface area contributed by atoms with Gasteiger partial charge in [-0.25, -0.2) is 4.79 Å². The summed E-state index contributed by atoms with van der Waals surface area (Å²) < 4.78 is 5.09. The van der Waals surface area contributed by atoms with Crippen LogP contribution in [0.4, 0.5) is 0 Å². The fourth-order valence-corrected chi connectivity index (χ4v) is 4.45. The molecule has 3 atom stereocenters. The van der Waals surface area contributed by atoms with E-state index < -0.39 is 17.1 Å². The first-order valence-corrected chi connectivity index (χ1v) is 10.2. The molecule has 2 heterocycles. The van der Waals surface area contributed by atoms with E-state index >= 15 is 0 Å². The highest BCUT2D eigenvalue weighted by atomic mass is 16.4. The molecule has 7 heteroatoms. The molecule has 1 fully saturated rings. The average Bonchev–Trinajstić information content (AvgIpc) is 3.31. The first kappa shape index (κ1) is 20.4. The number of rotatable bonds is 7. The van der Waals surface area contributed by atoms with Crippen LogP contribution in [0.5, 0.6) is 0 Å². The SMILES string of the molecule is CC(C[C@H](CN1CC[C@H](O)C1)c1ccccc1)(C(N)=O)c1ccc2oc(=O)[nH]c2c1. The van der Waals surface area contributed by atoms with Crippen molar-refractivity contribution >= 4 is 17.0 Å². The van der Waals surface area contributed by atoms with Gasteiger partial charge in [0.1, 0.15) is 0 Å². The number of carbonyl (C=O) groups excluding carboxylic acids is 1. The Balaban J connectivity index is 1.69. The Labute approximate surface area is 174 Å². The lowest BCUT2D eigenvalue weighted by Gasteiger charge is -2.33. The number of β-amino-alcohol motifs (C(OH)–C–C–N with tert-alkyl or cyclic N) is 1. The van der Waals surface area contributed by atoms with Gasteiger partial charge in [-0.1, -0.05) is 36.4 Å².